The maximum absolute atomic E-state index is 14.3. The molecule has 15 N–H and O–H groups in total. The number of likely N-dealkylation sites (tertiary alicyclic amines) is 2. The summed E-state index contributed by atoms with van der Waals surface area (Å²) in [6.45, 7) is 10.7. The molecule has 2 saturated heterocycles. The van der Waals surface area contributed by atoms with Gasteiger partial charge in [-0.3, -0.25) is 48.1 Å². The molecule has 0 aromatic heterocycles. The summed E-state index contributed by atoms with van der Waals surface area (Å²) < 4.78 is 0. The van der Waals surface area contributed by atoms with Crippen LogP contribution < -0.4 is 49.1 Å². The molecule has 0 spiro atoms. The van der Waals surface area contributed by atoms with Crippen LogP contribution in [-0.4, -0.2) is 171 Å². The van der Waals surface area contributed by atoms with Gasteiger partial charge in [-0.25, -0.2) is 0 Å². The molecule has 0 aliphatic carbocycles. The van der Waals surface area contributed by atoms with Gasteiger partial charge < -0.3 is 74.2 Å². The number of aliphatic hydroxyl groups is 2. The highest BCUT2D eigenvalue weighted by atomic mass is 16.4. The lowest BCUT2D eigenvalue weighted by Crippen LogP contribution is -2.61. The molecule has 0 aromatic rings. The van der Waals surface area contributed by atoms with Gasteiger partial charge in [0, 0.05) is 19.6 Å². The molecule has 24 heteroatoms. The first-order valence-electron chi connectivity index (χ1n) is 22.2. The zero-order chi connectivity index (χ0) is 49.3. The molecule has 2 fully saturated rings. The van der Waals surface area contributed by atoms with Crippen molar-refractivity contribution in [3.05, 3.63) is 0 Å². The molecule has 0 bridgehead atoms. The number of hydrogen-bond acceptors (Lipinski definition) is 13. The molecule has 10 atom stereocenters. The topological polar surface area (TPSA) is 383 Å². The van der Waals surface area contributed by atoms with Crippen LogP contribution in [0.2, 0.25) is 0 Å². The van der Waals surface area contributed by atoms with Gasteiger partial charge >= 0.3 is 5.97 Å². The number of aliphatic hydroxyl groups excluding tert-OH is 2. The van der Waals surface area contributed by atoms with E-state index in [1.54, 1.807) is 13.8 Å². The Kier molecular flexibility index (Phi) is 22.5. The molecule has 65 heavy (non-hydrogen) atoms. The monoisotopic (exact) mass is 925 g/mol. The highest BCUT2D eigenvalue weighted by molar-refractivity contribution is 5.98. The average Bonchev–Trinajstić information content (AvgIpc) is 3.92. The van der Waals surface area contributed by atoms with Crippen LogP contribution in [0, 0.1) is 11.8 Å². The van der Waals surface area contributed by atoms with Crippen molar-refractivity contribution in [3.63, 3.8) is 0 Å². The van der Waals surface area contributed by atoms with E-state index in [1.165, 1.54) is 30.6 Å². The Morgan fingerprint density at radius 3 is 1.77 bits per heavy atom. The first-order chi connectivity index (χ1) is 30.4. The number of carboxylic acids is 1. The first-order valence-corrected chi connectivity index (χ1v) is 22.2. The fraction of sp³-hybridized carbons (Fsp3) is 0.756. The number of hydrogen-bond donors (Lipinski definition) is 12. The predicted octanol–water partition coefficient (Wildman–Crippen LogP) is -4.15. The molecule has 2 heterocycles. The molecule has 0 radical (unpaired) electrons. The fourth-order valence-corrected chi connectivity index (χ4v) is 7.50. The van der Waals surface area contributed by atoms with Crippen LogP contribution in [0.15, 0.2) is 4.99 Å². The third kappa shape index (κ3) is 17.4. The quantitative estimate of drug-likeness (QED) is 0.0235. The highest BCUT2D eigenvalue weighted by Gasteiger charge is 2.44. The van der Waals surface area contributed by atoms with Gasteiger partial charge in [0.25, 0.3) is 0 Å². The molecule has 368 valence electrons. The second-order valence-electron chi connectivity index (χ2n) is 17.6. The SMILES string of the molecule is CC(C)C[C@H](NC(=O)[C@@H]1CCCN1C(=O)[C@@H]1CCCN1C(=O)[C@H](CCCN=C(N)N)NC(=O)[C@H](C)NC(=O)[C@@H](N)CC(C)C)C(=O)N[C@@H](CO)C(=O)N[C@H](C(=O)N[C@@H](C)C(=O)O)[C@@H](C)O. The number of guanidine groups is 1. The third-order valence-corrected chi connectivity index (χ3v) is 11.0. The van der Waals surface area contributed by atoms with Crippen molar-refractivity contribution >= 4 is 59.2 Å². The van der Waals surface area contributed by atoms with Crippen molar-refractivity contribution < 1.29 is 58.5 Å². The maximum atomic E-state index is 14.3. The van der Waals surface area contributed by atoms with Gasteiger partial charge in [-0.15, -0.1) is 0 Å². The standard InChI is InChI=1S/C41H72N12O12/c1-20(2)17-25(42)33(57)46-22(5)32(56)48-26(11-8-14-45-41(43)44)38(62)53-16-10-13-30(53)39(63)52-15-9-12-29(52)36(60)49-27(18-21(3)4)34(58)50-28(19-54)35(59)51-31(24(7)55)37(61)47-23(6)40(64)65/h20-31,54-55H,8-19,42H2,1-7H3,(H,46,57)(H,47,61)(H,48,56)(H,49,60)(H,50,58)(H,51,59)(H,64,65)(H4,43,44,45)/t22-,23-,24+,25-,26-,27-,28-,29-,30-,31-/m0/s1. The van der Waals surface area contributed by atoms with Gasteiger partial charge in [-0.1, -0.05) is 27.7 Å². The normalized spacial score (nSPS) is 19.7. The van der Waals surface area contributed by atoms with Crippen molar-refractivity contribution in [2.24, 2.45) is 34.0 Å². The minimum absolute atomic E-state index is 0.0675. The maximum Gasteiger partial charge on any atom is 0.325 e. The van der Waals surface area contributed by atoms with Crippen LogP contribution in [0.5, 0.6) is 0 Å². The molecule has 0 saturated carbocycles. The number of nitrogens with zero attached hydrogens (tertiary/aromatic N) is 3. The largest absolute Gasteiger partial charge is 0.480 e. The van der Waals surface area contributed by atoms with Crippen molar-refractivity contribution in [2.75, 3.05) is 26.2 Å². The average molecular weight is 925 g/mol. The Morgan fingerprint density at radius 2 is 1.22 bits per heavy atom. The van der Waals surface area contributed by atoms with Crippen LogP contribution in [-0.2, 0) is 43.2 Å². The van der Waals surface area contributed by atoms with E-state index in [-0.39, 0.29) is 69.5 Å². The zero-order valence-electron chi connectivity index (χ0n) is 38.5. The number of nitrogens with two attached hydrogens (primary N) is 3. The zero-order valence-corrected chi connectivity index (χ0v) is 38.5. The number of aliphatic imine (C=N–C) groups is 1. The number of nitrogens with one attached hydrogen (secondary N) is 6. The van der Waals surface area contributed by atoms with Gasteiger partial charge in [-0.2, -0.15) is 0 Å². The summed E-state index contributed by atoms with van der Waals surface area (Å²) in [6, 6.07) is -11.0. The van der Waals surface area contributed by atoms with E-state index < -0.39 is 120 Å². The second kappa shape index (κ2) is 26.4. The molecule has 2 aliphatic rings. The van der Waals surface area contributed by atoms with E-state index in [4.69, 9.17) is 22.3 Å². The van der Waals surface area contributed by atoms with Crippen LogP contribution >= 0.6 is 0 Å². The van der Waals surface area contributed by atoms with Crippen molar-refractivity contribution in [1.29, 1.82) is 0 Å². The summed E-state index contributed by atoms with van der Waals surface area (Å²) >= 11 is 0. The smallest absolute Gasteiger partial charge is 0.325 e. The van der Waals surface area contributed by atoms with E-state index >= 15 is 0 Å². The van der Waals surface area contributed by atoms with Crippen LogP contribution in [0.1, 0.15) is 99.8 Å². The Morgan fingerprint density at radius 1 is 0.662 bits per heavy atom. The number of carbonyl (C=O) groups excluding carboxylic acids is 8. The van der Waals surface area contributed by atoms with Gasteiger partial charge in [0.1, 0.15) is 48.3 Å². The van der Waals surface area contributed by atoms with Crippen LogP contribution in [0.25, 0.3) is 0 Å². The Balaban J connectivity index is 2.24. The summed E-state index contributed by atoms with van der Waals surface area (Å²) in [5.41, 5.74) is 16.9. The van der Waals surface area contributed by atoms with E-state index in [1.807, 2.05) is 13.8 Å². The molecule has 0 unspecified atom stereocenters. The fourth-order valence-electron chi connectivity index (χ4n) is 7.50. The lowest BCUT2D eigenvalue weighted by molar-refractivity contribution is -0.148. The summed E-state index contributed by atoms with van der Waals surface area (Å²) in [7, 11) is 0. The second-order valence-corrected chi connectivity index (χ2v) is 17.6. The number of carboxylic acid groups (broad SMARTS) is 1. The molecular formula is C41H72N12O12. The summed E-state index contributed by atoms with van der Waals surface area (Å²) in [5, 5.41) is 44.0. The van der Waals surface area contributed by atoms with Crippen molar-refractivity contribution in [3.8, 4) is 0 Å². The van der Waals surface area contributed by atoms with Crippen molar-refractivity contribution in [2.45, 2.75) is 160 Å². The van der Waals surface area contributed by atoms with Gasteiger partial charge in [-0.05, 0) is 84.0 Å². The predicted molar refractivity (Wildman–Crippen MR) is 236 cm³/mol. The summed E-state index contributed by atoms with van der Waals surface area (Å²) in [6.07, 6.45) is 0.684. The molecule has 8 amide bonds. The third-order valence-electron chi connectivity index (χ3n) is 11.0. The first kappa shape index (κ1) is 55.5. The Bertz CT molecular complexity index is 1720. The molecule has 2 aliphatic heterocycles. The lowest BCUT2D eigenvalue weighted by atomic mass is 10.0. The van der Waals surface area contributed by atoms with Crippen molar-refractivity contribution in [1.82, 2.24) is 41.7 Å². The molecule has 24 nitrogen and oxygen atoms in total. The number of aliphatic carboxylic acids is 1. The van der Waals surface area contributed by atoms with E-state index in [9.17, 15) is 53.4 Å². The van der Waals surface area contributed by atoms with Gasteiger partial charge in [0.15, 0.2) is 5.96 Å². The van der Waals surface area contributed by atoms with E-state index in [2.05, 4.69) is 36.9 Å². The van der Waals surface area contributed by atoms with Gasteiger partial charge in [0.2, 0.25) is 47.3 Å². The minimum Gasteiger partial charge on any atom is -0.480 e. The molecule has 0 aromatic carbocycles. The highest BCUT2D eigenvalue weighted by Crippen LogP contribution is 2.26. The van der Waals surface area contributed by atoms with Crippen LogP contribution in [0.3, 0.4) is 0 Å². The summed E-state index contributed by atoms with van der Waals surface area (Å²) in [5.74, 6) is -7.47. The lowest BCUT2D eigenvalue weighted by Gasteiger charge is -2.33. The number of carbonyl (C=O) groups is 9. The summed E-state index contributed by atoms with van der Waals surface area (Å²) in [4.78, 5) is 126. The molecular weight excluding hydrogens is 853 g/mol. The minimum atomic E-state index is -1.66. The van der Waals surface area contributed by atoms with E-state index in [0.29, 0.717) is 19.3 Å². The Hall–Kier alpha value is -5.62. The van der Waals surface area contributed by atoms with Gasteiger partial charge in [0.05, 0.1) is 18.8 Å². The van der Waals surface area contributed by atoms with E-state index in [0.717, 1.165) is 0 Å². The Labute approximate surface area is 379 Å². The van der Waals surface area contributed by atoms with Crippen LogP contribution in [0.4, 0.5) is 0 Å². The number of rotatable bonds is 25. The molecule has 2 rings (SSSR count). The number of amides is 8.